The summed E-state index contributed by atoms with van der Waals surface area (Å²) < 4.78 is 0. The van der Waals surface area contributed by atoms with Gasteiger partial charge in [0.05, 0.1) is 0 Å². The zero-order valence-electron chi connectivity index (χ0n) is 8.64. The molecular weight excluding hydrogens is 191 g/mol. The monoisotopic (exact) mass is 214 g/mol. The van der Waals surface area contributed by atoms with Gasteiger partial charge in [0.1, 0.15) is 0 Å². The molecule has 2 heteroatoms. The van der Waals surface area contributed by atoms with Gasteiger partial charge in [-0.3, -0.25) is 0 Å². The molecule has 0 N–H and O–H groups in total. The quantitative estimate of drug-likeness (QED) is 0.556. The SMILES string of the molecule is CCCCCCCC(C)C.Cl.Cl. The van der Waals surface area contributed by atoms with Crippen LogP contribution in [0.15, 0.2) is 0 Å². The third-order valence-corrected chi connectivity index (χ3v) is 1.89. The van der Waals surface area contributed by atoms with Crippen LogP contribution in [-0.4, -0.2) is 0 Å². The van der Waals surface area contributed by atoms with E-state index < -0.39 is 0 Å². The summed E-state index contributed by atoms with van der Waals surface area (Å²) in [5.74, 6) is 0.904. The van der Waals surface area contributed by atoms with Gasteiger partial charge >= 0.3 is 0 Å². The van der Waals surface area contributed by atoms with E-state index in [1.165, 1.54) is 38.5 Å². The zero-order chi connectivity index (χ0) is 7.82. The lowest BCUT2D eigenvalue weighted by atomic mass is 10.0. The van der Waals surface area contributed by atoms with Crippen molar-refractivity contribution >= 4 is 24.8 Å². The van der Waals surface area contributed by atoms with Gasteiger partial charge < -0.3 is 0 Å². The van der Waals surface area contributed by atoms with E-state index in [1.54, 1.807) is 0 Å². The van der Waals surface area contributed by atoms with Gasteiger partial charge in [-0.1, -0.05) is 59.3 Å². The van der Waals surface area contributed by atoms with Gasteiger partial charge in [0.15, 0.2) is 0 Å². The van der Waals surface area contributed by atoms with Gasteiger partial charge in [-0.25, -0.2) is 0 Å². The highest BCUT2D eigenvalue weighted by Gasteiger charge is 1.92. The standard InChI is InChI=1S/C10H22.2ClH/c1-4-5-6-7-8-9-10(2)3;;/h10H,4-9H2,1-3H3;2*1H. The number of unbranched alkanes of at least 4 members (excludes halogenated alkanes) is 4. The molecule has 0 aliphatic heterocycles. The topological polar surface area (TPSA) is 0 Å². The molecule has 0 unspecified atom stereocenters. The first kappa shape index (κ1) is 18.4. The Kier molecular flexibility index (Phi) is 21.6. The molecule has 0 heterocycles. The van der Waals surface area contributed by atoms with Gasteiger partial charge in [-0.15, -0.1) is 24.8 Å². The lowest BCUT2D eigenvalue weighted by Crippen LogP contribution is -1.86. The molecule has 0 spiro atoms. The molecule has 78 valence electrons. The maximum atomic E-state index is 2.31. The van der Waals surface area contributed by atoms with Gasteiger partial charge in [0, 0.05) is 0 Å². The fraction of sp³-hybridized carbons (Fsp3) is 1.00. The Morgan fingerprint density at radius 3 is 1.75 bits per heavy atom. The second-order valence-electron chi connectivity index (χ2n) is 3.60. The number of hydrogen-bond acceptors (Lipinski definition) is 0. The van der Waals surface area contributed by atoms with E-state index in [1.807, 2.05) is 0 Å². The minimum Gasteiger partial charge on any atom is -0.147 e. The van der Waals surface area contributed by atoms with E-state index in [2.05, 4.69) is 20.8 Å². The Morgan fingerprint density at radius 1 is 0.833 bits per heavy atom. The Hall–Kier alpha value is 0.580. The summed E-state index contributed by atoms with van der Waals surface area (Å²) in [6.45, 7) is 6.88. The van der Waals surface area contributed by atoms with Crippen LogP contribution in [0.5, 0.6) is 0 Å². The van der Waals surface area contributed by atoms with Crippen LogP contribution in [0.3, 0.4) is 0 Å². The number of rotatable bonds is 6. The lowest BCUT2D eigenvalue weighted by Gasteiger charge is -2.02. The Balaban J connectivity index is -0.000000405. The van der Waals surface area contributed by atoms with Crippen molar-refractivity contribution in [1.29, 1.82) is 0 Å². The average molecular weight is 215 g/mol. The molecule has 0 saturated carbocycles. The lowest BCUT2D eigenvalue weighted by molar-refractivity contribution is 0.518. The van der Waals surface area contributed by atoms with Gasteiger partial charge in [0.2, 0.25) is 0 Å². The summed E-state index contributed by atoms with van der Waals surface area (Å²) in [6, 6.07) is 0. The van der Waals surface area contributed by atoms with Crippen molar-refractivity contribution < 1.29 is 0 Å². The number of halogens is 2. The van der Waals surface area contributed by atoms with Crippen LogP contribution in [0.25, 0.3) is 0 Å². The van der Waals surface area contributed by atoms with Crippen LogP contribution in [0.4, 0.5) is 0 Å². The molecule has 12 heavy (non-hydrogen) atoms. The van der Waals surface area contributed by atoms with Crippen molar-refractivity contribution in [2.24, 2.45) is 5.92 Å². The first-order valence-corrected chi connectivity index (χ1v) is 4.77. The summed E-state index contributed by atoms with van der Waals surface area (Å²) in [5.41, 5.74) is 0. The normalized spacial score (nSPS) is 9.00. The van der Waals surface area contributed by atoms with Crippen molar-refractivity contribution in [2.75, 3.05) is 0 Å². The third kappa shape index (κ3) is 16.9. The number of hydrogen-bond donors (Lipinski definition) is 0. The van der Waals surface area contributed by atoms with E-state index in [4.69, 9.17) is 0 Å². The smallest absolute Gasteiger partial charge is 0.0471 e. The van der Waals surface area contributed by atoms with Crippen molar-refractivity contribution in [3.63, 3.8) is 0 Å². The fourth-order valence-corrected chi connectivity index (χ4v) is 1.16. The van der Waals surface area contributed by atoms with Crippen molar-refractivity contribution in [2.45, 2.75) is 59.3 Å². The molecule has 0 aliphatic carbocycles. The van der Waals surface area contributed by atoms with Crippen molar-refractivity contribution in [3.05, 3.63) is 0 Å². The highest BCUT2D eigenvalue weighted by Crippen LogP contribution is 2.09. The summed E-state index contributed by atoms with van der Waals surface area (Å²) in [6.07, 6.45) is 8.55. The van der Waals surface area contributed by atoms with Crippen molar-refractivity contribution in [1.82, 2.24) is 0 Å². The molecule has 0 aliphatic rings. The zero-order valence-corrected chi connectivity index (χ0v) is 10.3. The predicted molar refractivity (Wildman–Crippen MR) is 62.7 cm³/mol. The molecule has 0 amide bonds. The van der Waals surface area contributed by atoms with Crippen LogP contribution in [0.1, 0.15) is 59.3 Å². The summed E-state index contributed by atoms with van der Waals surface area (Å²) in [7, 11) is 0. The Bertz CT molecular complexity index is 62.9. The van der Waals surface area contributed by atoms with Crippen LogP contribution in [0, 0.1) is 5.92 Å². The molecule has 0 saturated heterocycles. The maximum Gasteiger partial charge on any atom is -0.0471 e. The molecule has 0 aromatic heterocycles. The minimum atomic E-state index is 0. The van der Waals surface area contributed by atoms with E-state index >= 15 is 0 Å². The largest absolute Gasteiger partial charge is 0.147 e. The van der Waals surface area contributed by atoms with Gasteiger partial charge in [0.25, 0.3) is 0 Å². The van der Waals surface area contributed by atoms with Gasteiger partial charge in [-0.2, -0.15) is 0 Å². The average Bonchev–Trinajstić information content (AvgIpc) is 1.87. The Labute approximate surface area is 90.3 Å². The summed E-state index contributed by atoms with van der Waals surface area (Å²) in [5, 5.41) is 0. The second-order valence-corrected chi connectivity index (χ2v) is 3.60. The summed E-state index contributed by atoms with van der Waals surface area (Å²) >= 11 is 0. The van der Waals surface area contributed by atoms with Crippen molar-refractivity contribution in [3.8, 4) is 0 Å². The van der Waals surface area contributed by atoms with E-state index in [9.17, 15) is 0 Å². The minimum absolute atomic E-state index is 0. The molecule has 0 radical (unpaired) electrons. The second kappa shape index (κ2) is 14.1. The molecule has 0 aromatic carbocycles. The van der Waals surface area contributed by atoms with Gasteiger partial charge in [-0.05, 0) is 5.92 Å². The third-order valence-electron chi connectivity index (χ3n) is 1.89. The molecule has 0 aromatic rings. The highest BCUT2D eigenvalue weighted by molar-refractivity contribution is 5.85. The summed E-state index contributed by atoms with van der Waals surface area (Å²) in [4.78, 5) is 0. The van der Waals surface area contributed by atoms with E-state index in [0.717, 1.165) is 5.92 Å². The van der Waals surface area contributed by atoms with Crippen LogP contribution < -0.4 is 0 Å². The molecule has 0 fully saturated rings. The predicted octanol–water partition coefficient (Wildman–Crippen LogP) is 4.85. The van der Waals surface area contributed by atoms with Crippen LogP contribution in [0.2, 0.25) is 0 Å². The van der Waals surface area contributed by atoms with E-state index in [0.29, 0.717) is 0 Å². The fourth-order valence-electron chi connectivity index (χ4n) is 1.16. The Morgan fingerprint density at radius 2 is 1.33 bits per heavy atom. The van der Waals surface area contributed by atoms with Crippen LogP contribution in [-0.2, 0) is 0 Å². The molecule has 0 rings (SSSR count). The molecule has 0 bridgehead atoms. The van der Waals surface area contributed by atoms with E-state index in [-0.39, 0.29) is 24.8 Å². The van der Waals surface area contributed by atoms with Crippen LogP contribution >= 0.6 is 24.8 Å². The molecule has 0 atom stereocenters. The molecule has 0 nitrogen and oxygen atoms in total. The first-order valence-electron chi connectivity index (χ1n) is 4.77. The highest BCUT2D eigenvalue weighted by atomic mass is 35.5. The molecular formula is C10H24Cl2. The maximum absolute atomic E-state index is 2.31. The first-order chi connectivity index (χ1) is 4.77.